The molecule has 0 saturated carbocycles. The molecule has 0 spiro atoms. The molecule has 0 amide bonds. The van der Waals surface area contributed by atoms with Crippen LogP contribution in [-0.4, -0.2) is 7.11 Å². The van der Waals surface area contributed by atoms with Gasteiger partial charge in [0, 0.05) is 12.1 Å². The molecule has 0 saturated heterocycles. The zero-order valence-electron chi connectivity index (χ0n) is 13.2. The number of hydrogen-bond acceptors (Lipinski definition) is 3. The van der Waals surface area contributed by atoms with Crippen molar-refractivity contribution in [3.8, 4) is 11.5 Å². The van der Waals surface area contributed by atoms with Gasteiger partial charge in [0.1, 0.15) is 18.1 Å². The highest BCUT2D eigenvalue weighted by atomic mass is 16.5. The van der Waals surface area contributed by atoms with E-state index >= 15 is 0 Å². The molecule has 0 fully saturated rings. The lowest BCUT2D eigenvalue weighted by Crippen LogP contribution is -2.03. The van der Waals surface area contributed by atoms with Crippen molar-refractivity contribution in [3.05, 3.63) is 58.1 Å². The zero-order valence-corrected chi connectivity index (χ0v) is 13.2. The normalized spacial score (nSPS) is 10.5. The third-order valence-corrected chi connectivity index (χ3v) is 3.56. The fourth-order valence-electron chi connectivity index (χ4n) is 2.60. The molecule has 0 atom stereocenters. The maximum Gasteiger partial charge on any atom is 0.125 e. The van der Waals surface area contributed by atoms with Crippen LogP contribution in [-0.2, 0) is 13.2 Å². The van der Waals surface area contributed by atoms with E-state index in [2.05, 4.69) is 32.9 Å². The van der Waals surface area contributed by atoms with E-state index in [0.29, 0.717) is 13.2 Å². The topological polar surface area (TPSA) is 44.5 Å². The summed E-state index contributed by atoms with van der Waals surface area (Å²) in [6.45, 7) is 7.24. The summed E-state index contributed by atoms with van der Waals surface area (Å²) in [5.41, 5.74) is 11.3. The molecule has 0 aliphatic carbocycles. The van der Waals surface area contributed by atoms with Crippen LogP contribution < -0.4 is 15.2 Å². The Balaban J connectivity index is 2.17. The van der Waals surface area contributed by atoms with E-state index in [1.807, 2.05) is 18.2 Å². The maximum absolute atomic E-state index is 5.99. The molecule has 3 nitrogen and oxygen atoms in total. The Kier molecular flexibility index (Phi) is 4.86. The van der Waals surface area contributed by atoms with Crippen LogP contribution in [0.5, 0.6) is 11.5 Å². The molecule has 0 radical (unpaired) electrons. The van der Waals surface area contributed by atoms with Gasteiger partial charge in [-0.3, -0.25) is 0 Å². The highest BCUT2D eigenvalue weighted by molar-refractivity contribution is 5.43. The Morgan fingerprint density at radius 1 is 1.00 bits per heavy atom. The number of nitrogens with two attached hydrogens (primary N) is 1. The van der Waals surface area contributed by atoms with Gasteiger partial charge in [-0.2, -0.15) is 0 Å². The first kappa shape index (κ1) is 15.4. The van der Waals surface area contributed by atoms with Crippen LogP contribution in [0, 0.1) is 20.8 Å². The Bertz CT molecular complexity index is 612. The lowest BCUT2D eigenvalue weighted by Gasteiger charge is -2.14. The molecular weight excluding hydrogens is 262 g/mol. The first-order chi connectivity index (χ1) is 10.0. The van der Waals surface area contributed by atoms with Crippen molar-refractivity contribution in [2.75, 3.05) is 7.11 Å². The predicted molar refractivity (Wildman–Crippen MR) is 85.9 cm³/mol. The number of benzene rings is 2. The van der Waals surface area contributed by atoms with E-state index in [1.54, 1.807) is 7.11 Å². The smallest absolute Gasteiger partial charge is 0.125 e. The number of hydrogen-bond donors (Lipinski definition) is 1. The third kappa shape index (κ3) is 3.56. The summed E-state index contributed by atoms with van der Waals surface area (Å²) in [5, 5.41) is 0. The Labute approximate surface area is 126 Å². The third-order valence-electron chi connectivity index (χ3n) is 3.56. The van der Waals surface area contributed by atoms with Gasteiger partial charge in [-0.25, -0.2) is 0 Å². The second-order valence-corrected chi connectivity index (χ2v) is 5.37. The van der Waals surface area contributed by atoms with Crippen LogP contribution in [0.15, 0.2) is 30.3 Å². The molecule has 0 aliphatic rings. The molecule has 0 heterocycles. The highest BCUT2D eigenvalue weighted by Gasteiger charge is 2.07. The second-order valence-electron chi connectivity index (χ2n) is 5.37. The molecule has 2 N–H and O–H groups in total. The monoisotopic (exact) mass is 285 g/mol. The molecule has 0 unspecified atom stereocenters. The van der Waals surface area contributed by atoms with E-state index in [4.69, 9.17) is 15.2 Å². The Morgan fingerprint density at radius 3 is 2.24 bits per heavy atom. The lowest BCUT2D eigenvalue weighted by atomic mass is 10.1. The minimum Gasteiger partial charge on any atom is -0.496 e. The van der Waals surface area contributed by atoms with Crippen molar-refractivity contribution in [1.82, 2.24) is 0 Å². The van der Waals surface area contributed by atoms with Gasteiger partial charge < -0.3 is 15.2 Å². The second kappa shape index (κ2) is 6.64. The van der Waals surface area contributed by atoms with Crippen LogP contribution in [0.25, 0.3) is 0 Å². The van der Waals surface area contributed by atoms with Crippen LogP contribution in [0.1, 0.15) is 27.8 Å². The van der Waals surface area contributed by atoms with Crippen LogP contribution >= 0.6 is 0 Å². The Hall–Kier alpha value is -2.00. The van der Waals surface area contributed by atoms with E-state index < -0.39 is 0 Å². The van der Waals surface area contributed by atoms with Gasteiger partial charge in [-0.05, 0) is 43.5 Å². The van der Waals surface area contributed by atoms with Crippen LogP contribution in [0.2, 0.25) is 0 Å². The highest BCUT2D eigenvalue weighted by Crippen LogP contribution is 2.26. The van der Waals surface area contributed by atoms with Gasteiger partial charge in [-0.1, -0.05) is 29.8 Å². The molecule has 0 aliphatic heterocycles. The number of ether oxygens (including phenoxy) is 2. The van der Waals surface area contributed by atoms with Crippen molar-refractivity contribution >= 4 is 0 Å². The SMILES string of the molecule is COc1cc(COc2c(C)cc(C)cc2C)ccc1CN. The van der Waals surface area contributed by atoms with Gasteiger partial charge in [0.25, 0.3) is 0 Å². The minimum atomic E-state index is 0.473. The molecular formula is C18H23NO2. The number of methoxy groups -OCH3 is 1. The lowest BCUT2D eigenvalue weighted by molar-refractivity contribution is 0.301. The zero-order chi connectivity index (χ0) is 15.4. The fourth-order valence-corrected chi connectivity index (χ4v) is 2.60. The van der Waals surface area contributed by atoms with Gasteiger partial charge in [0.05, 0.1) is 7.11 Å². The number of rotatable bonds is 5. The van der Waals surface area contributed by atoms with Crippen LogP contribution in [0.4, 0.5) is 0 Å². The van der Waals surface area contributed by atoms with E-state index in [-0.39, 0.29) is 0 Å². The summed E-state index contributed by atoms with van der Waals surface area (Å²) < 4.78 is 11.4. The molecule has 112 valence electrons. The minimum absolute atomic E-state index is 0.473. The summed E-state index contributed by atoms with van der Waals surface area (Å²) in [7, 11) is 1.66. The average Bonchev–Trinajstić information content (AvgIpc) is 2.45. The van der Waals surface area contributed by atoms with Crippen molar-refractivity contribution in [2.24, 2.45) is 5.73 Å². The molecule has 2 aromatic carbocycles. The van der Waals surface area contributed by atoms with Gasteiger partial charge in [-0.15, -0.1) is 0 Å². The maximum atomic E-state index is 5.99. The summed E-state index contributed by atoms with van der Waals surface area (Å²) in [6, 6.07) is 10.3. The summed E-state index contributed by atoms with van der Waals surface area (Å²) in [4.78, 5) is 0. The Morgan fingerprint density at radius 2 is 1.67 bits per heavy atom. The van der Waals surface area contributed by atoms with Crippen molar-refractivity contribution in [1.29, 1.82) is 0 Å². The quantitative estimate of drug-likeness (QED) is 0.912. The predicted octanol–water partition coefficient (Wildman–Crippen LogP) is 3.66. The number of aryl methyl sites for hydroxylation is 3. The fraction of sp³-hybridized carbons (Fsp3) is 0.333. The molecule has 2 rings (SSSR count). The summed E-state index contributed by atoms with van der Waals surface area (Å²) >= 11 is 0. The van der Waals surface area contributed by atoms with Gasteiger partial charge in [0.15, 0.2) is 0 Å². The van der Waals surface area contributed by atoms with Crippen molar-refractivity contribution < 1.29 is 9.47 Å². The first-order valence-electron chi connectivity index (χ1n) is 7.11. The molecule has 0 aromatic heterocycles. The molecule has 21 heavy (non-hydrogen) atoms. The molecule has 2 aromatic rings. The largest absolute Gasteiger partial charge is 0.496 e. The standard InChI is InChI=1S/C18H23NO2/c1-12-7-13(2)18(14(3)8-12)21-11-15-5-6-16(10-19)17(9-15)20-4/h5-9H,10-11,19H2,1-4H3. The van der Waals surface area contributed by atoms with Crippen LogP contribution in [0.3, 0.4) is 0 Å². The van der Waals surface area contributed by atoms with E-state index in [1.165, 1.54) is 5.56 Å². The van der Waals surface area contributed by atoms with Gasteiger partial charge >= 0.3 is 0 Å². The van der Waals surface area contributed by atoms with E-state index in [9.17, 15) is 0 Å². The first-order valence-corrected chi connectivity index (χ1v) is 7.11. The van der Waals surface area contributed by atoms with Gasteiger partial charge in [0.2, 0.25) is 0 Å². The average molecular weight is 285 g/mol. The molecule has 0 bridgehead atoms. The summed E-state index contributed by atoms with van der Waals surface area (Å²) in [5.74, 6) is 1.78. The van der Waals surface area contributed by atoms with Crippen molar-refractivity contribution in [3.63, 3.8) is 0 Å². The summed E-state index contributed by atoms with van der Waals surface area (Å²) in [6.07, 6.45) is 0. The van der Waals surface area contributed by atoms with Crippen molar-refractivity contribution in [2.45, 2.75) is 33.9 Å². The molecule has 3 heteroatoms. The van der Waals surface area contributed by atoms with E-state index in [0.717, 1.165) is 33.8 Å².